The zero-order valence-corrected chi connectivity index (χ0v) is 19.4. The lowest BCUT2D eigenvalue weighted by molar-refractivity contribution is -0.120. The standard InChI is InChI=1S/C24H35N5O3/c1-4-6-14-28(21-22(25)29(13-5-2)24(32)26-23(21)31)20(30)16-27(19-11-12-19)15-18-9-7-17(3)8-10-18/h7-10,19H,4-6,11-16,25H2,1-3H3,(H,26,31,32). The van der Waals surface area contributed by atoms with Crippen molar-refractivity contribution >= 4 is 17.4 Å². The highest BCUT2D eigenvalue weighted by Gasteiger charge is 2.32. The van der Waals surface area contributed by atoms with Crippen molar-refractivity contribution in [3.05, 3.63) is 56.2 Å². The molecule has 0 aliphatic heterocycles. The average Bonchev–Trinajstić information content (AvgIpc) is 3.59. The summed E-state index contributed by atoms with van der Waals surface area (Å²) in [5, 5.41) is 0. The number of hydrogen-bond acceptors (Lipinski definition) is 5. The molecule has 1 aliphatic rings. The molecule has 1 fully saturated rings. The summed E-state index contributed by atoms with van der Waals surface area (Å²) in [4.78, 5) is 44.4. The number of hydrogen-bond donors (Lipinski definition) is 2. The van der Waals surface area contributed by atoms with Gasteiger partial charge in [0.25, 0.3) is 5.56 Å². The molecule has 8 heteroatoms. The Labute approximate surface area is 189 Å². The van der Waals surface area contributed by atoms with Gasteiger partial charge in [0.2, 0.25) is 5.91 Å². The second kappa shape index (κ2) is 10.6. The first-order valence-corrected chi connectivity index (χ1v) is 11.6. The first-order valence-electron chi connectivity index (χ1n) is 11.6. The van der Waals surface area contributed by atoms with Crippen LogP contribution in [0.4, 0.5) is 11.5 Å². The lowest BCUT2D eigenvalue weighted by atomic mass is 10.1. The van der Waals surface area contributed by atoms with Gasteiger partial charge in [-0.15, -0.1) is 0 Å². The van der Waals surface area contributed by atoms with E-state index in [1.807, 2.05) is 13.8 Å². The third kappa shape index (κ3) is 5.68. The lowest BCUT2D eigenvalue weighted by Gasteiger charge is -2.28. The monoisotopic (exact) mass is 441 g/mol. The number of amides is 1. The van der Waals surface area contributed by atoms with E-state index in [9.17, 15) is 14.4 Å². The van der Waals surface area contributed by atoms with Crippen LogP contribution in [0.25, 0.3) is 0 Å². The lowest BCUT2D eigenvalue weighted by Crippen LogP contribution is -2.46. The van der Waals surface area contributed by atoms with Crippen LogP contribution in [0, 0.1) is 6.92 Å². The summed E-state index contributed by atoms with van der Waals surface area (Å²) in [6.45, 7) is 7.66. The smallest absolute Gasteiger partial charge is 0.330 e. The van der Waals surface area contributed by atoms with Crippen LogP contribution in [-0.2, 0) is 17.9 Å². The molecule has 0 bridgehead atoms. The Morgan fingerprint density at radius 2 is 1.84 bits per heavy atom. The summed E-state index contributed by atoms with van der Waals surface area (Å²) >= 11 is 0. The van der Waals surface area contributed by atoms with Crippen LogP contribution in [0.5, 0.6) is 0 Å². The number of carbonyl (C=O) groups excluding carboxylic acids is 1. The van der Waals surface area contributed by atoms with E-state index in [0.717, 1.165) is 31.2 Å². The number of benzene rings is 1. The highest BCUT2D eigenvalue weighted by Crippen LogP contribution is 2.29. The van der Waals surface area contributed by atoms with Crippen LogP contribution in [0.1, 0.15) is 57.1 Å². The third-order valence-electron chi connectivity index (χ3n) is 5.88. The second-order valence-electron chi connectivity index (χ2n) is 8.67. The Kier molecular flexibility index (Phi) is 7.90. The fourth-order valence-electron chi connectivity index (χ4n) is 3.90. The maximum absolute atomic E-state index is 13.5. The van der Waals surface area contributed by atoms with Gasteiger partial charge in [0.1, 0.15) is 5.82 Å². The van der Waals surface area contributed by atoms with E-state index in [-0.39, 0.29) is 24.0 Å². The number of nitrogens with one attached hydrogen (secondary N) is 1. The highest BCUT2D eigenvalue weighted by atomic mass is 16.2. The van der Waals surface area contributed by atoms with Gasteiger partial charge in [0.15, 0.2) is 5.69 Å². The molecule has 0 atom stereocenters. The number of aryl methyl sites for hydroxylation is 1. The number of aromatic amines is 1. The Morgan fingerprint density at radius 1 is 1.16 bits per heavy atom. The Morgan fingerprint density at radius 3 is 2.44 bits per heavy atom. The van der Waals surface area contributed by atoms with Crippen LogP contribution in [-0.4, -0.2) is 39.5 Å². The van der Waals surface area contributed by atoms with Crippen molar-refractivity contribution in [1.29, 1.82) is 0 Å². The average molecular weight is 442 g/mol. The largest absolute Gasteiger partial charge is 0.383 e. The van der Waals surface area contributed by atoms with Crippen molar-refractivity contribution in [1.82, 2.24) is 14.5 Å². The number of rotatable bonds is 11. The maximum atomic E-state index is 13.5. The van der Waals surface area contributed by atoms with Gasteiger partial charge < -0.3 is 10.6 Å². The molecule has 174 valence electrons. The molecule has 3 N–H and O–H groups in total. The molecule has 1 aromatic heterocycles. The SMILES string of the molecule is CCCCN(C(=O)CN(Cc1ccc(C)cc1)C1CC1)c1c(N)n(CCC)c(=O)[nH]c1=O. The number of aromatic nitrogens is 2. The van der Waals surface area contributed by atoms with Crippen LogP contribution in [0.2, 0.25) is 0 Å². The molecule has 0 spiro atoms. The summed E-state index contributed by atoms with van der Waals surface area (Å²) in [6.07, 6.45) is 4.42. The van der Waals surface area contributed by atoms with Crippen LogP contribution < -0.4 is 21.9 Å². The van der Waals surface area contributed by atoms with E-state index in [0.29, 0.717) is 32.1 Å². The van der Waals surface area contributed by atoms with E-state index < -0.39 is 11.2 Å². The van der Waals surface area contributed by atoms with Gasteiger partial charge in [-0.1, -0.05) is 50.1 Å². The predicted molar refractivity (Wildman–Crippen MR) is 128 cm³/mol. The van der Waals surface area contributed by atoms with Gasteiger partial charge in [0, 0.05) is 25.7 Å². The van der Waals surface area contributed by atoms with E-state index in [4.69, 9.17) is 5.73 Å². The maximum Gasteiger partial charge on any atom is 0.330 e. The molecule has 1 aromatic carbocycles. The van der Waals surface area contributed by atoms with Gasteiger partial charge >= 0.3 is 5.69 Å². The van der Waals surface area contributed by atoms with Crippen molar-refractivity contribution < 1.29 is 4.79 Å². The fourth-order valence-corrected chi connectivity index (χ4v) is 3.90. The Balaban J connectivity index is 1.89. The topological polar surface area (TPSA) is 104 Å². The number of anilines is 2. The van der Waals surface area contributed by atoms with Crippen molar-refractivity contribution in [3.8, 4) is 0 Å². The first kappa shape index (κ1) is 23.8. The molecule has 1 saturated carbocycles. The molecule has 0 unspecified atom stereocenters. The van der Waals surface area contributed by atoms with E-state index in [1.54, 1.807) is 0 Å². The van der Waals surface area contributed by atoms with E-state index >= 15 is 0 Å². The molecule has 2 aromatic rings. The van der Waals surface area contributed by atoms with Crippen molar-refractivity contribution in [2.45, 2.75) is 72.0 Å². The molecule has 8 nitrogen and oxygen atoms in total. The molecule has 3 rings (SSSR count). The van der Waals surface area contributed by atoms with Gasteiger partial charge in [-0.05, 0) is 38.2 Å². The minimum absolute atomic E-state index is 0.0570. The van der Waals surface area contributed by atoms with Crippen LogP contribution in [0.3, 0.4) is 0 Å². The third-order valence-corrected chi connectivity index (χ3v) is 5.88. The number of nitrogen functional groups attached to an aromatic ring is 1. The van der Waals surface area contributed by atoms with E-state index in [2.05, 4.69) is 41.1 Å². The van der Waals surface area contributed by atoms with Crippen LogP contribution >= 0.6 is 0 Å². The number of unbranched alkanes of at least 4 members (excludes halogenated alkanes) is 1. The molecular formula is C24H35N5O3. The molecular weight excluding hydrogens is 406 g/mol. The summed E-state index contributed by atoms with van der Waals surface area (Å²) in [6, 6.07) is 8.71. The van der Waals surface area contributed by atoms with Crippen molar-refractivity contribution in [2.75, 3.05) is 23.7 Å². The number of nitrogens with zero attached hydrogens (tertiary/aromatic N) is 3. The predicted octanol–water partition coefficient (Wildman–Crippen LogP) is 2.63. The van der Waals surface area contributed by atoms with Gasteiger partial charge in [0.05, 0.1) is 6.54 Å². The second-order valence-corrected chi connectivity index (χ2v) is 8.67. The van der Waals surface area contributed by atoms with Crippen LogP contribution in [0.15, 0.2) is 33.9 Å². The molecule has 1 amide bonds. The molecule has 1 aliphatic carbocycles. The normalized spacial score (nSPS) is 13.5. The Hall–Kier alpha value is -2.87. The number of nitrogens with two attached hydrogens (primary N) is 1. The van der Waals surface area contributed by atoms with Gasteiger partial charge in [-0.3, -0.25) is 24.0 Å². The van der Waals surface area contributed by atoms with Gasteiger partial charge in [-0.25, -0.2) is 4.79 Å². The molecule has 0 radical (unpaired) electrons. The quantitative estimate of drug-likeness (QED) is 0.558. The highest BCUT2D eigenvalue weighted by molar-refractivity contribution is 5.96. The van der Waals surface area contributed by atoms with Gasteiger partial charge in [-0.2, -0.15) is 0 Å². The minimum atomic E-state index is -0.610. The summed E-state index contributed by atoms with van der Waals surface area (Å²) in [5.74, 6) is -0.113. The van der Waals surface area contributed by atoms with Crippen molar-refractivity contribution in [2.24, 2.45) is 0 Å². The van der Waals surface area contributed by atoms with E-state index in [1.165, 1.54) is 15.0 Å². The Bertz CT molecular complexity index is 1040. The fraction of sp³-hybridized carbons (Fsp3) is 0.542. The molecule has 32 heavy (non-hydrogen) atoms. The molecule has 0 saturated heterocycles. The van der Waals surface area contributed by atoms with Crippen molar-refractivity contribution in [3.63, 3.8) is 0 Å². The summed E-state index contributed by atoms with van der Waals surface area (Å²) < 4.78 is 1.34. The first-order chi connectivity index (χ1) is 15.3. The minimum Gasteiger partial charge on any atom is -0.383 e. The zero-order chi connectivity index (χ0) is 23.3. The number of carbonyl (C=O) groups is 1. The molecule has 1 heterocycles. The summed E-state index contributed by atoms with van der Waals surface area (Å²) in [5.41, 5.74) is 7.55. The zero-order valence-electron chi connectivity index (χ0n) is 19.4. The summed E-state index contributed by atoms with van der Waals surface area (Å²) in [7, 11) is 0. The number of H-pyrrole nitrogens is 1.